The molecule has 148 valence electrons. The van der Waals surface area contributed by atoms with E-state index in [1.807, 2.05) is 12.3 Å². The Labute approximate surface area is 174 Å². The number of hydrogen-bond donors (Lipinski definition) is 0. The van der Waals surface area contributed by atoms with Gasteiger partial charge in [-0.25, -0.2) is 13.8 Å². The van der Waals surface area contributed by atoms with Gasteiger partial charge in [0.1, 0.15) is 11.6 Å². The summed E-state index contributed by atoms with van der Waals surface area (Å²) in [6.07, 6.45) is 3.78. The molecule has 1 aromatic heterocycles. The van der Waals surface area contributed by atoms with Crippen molar-refractivity contribution in [2.75, 3.05) is 5.75 Å². The largest absolute Gasteiger partial charge is 0.286 e. The van der Waals surface area contributed by atoms with Crippen LogP contribution in [0.1, 0.15) is 36.9 Å². The van der Waals surface area contributed by atoms with E-state index < -0.39 is 11.6 Å². The van der Waals surface area contributed by atoms with Crippen molar-refractivity contribution in [3.63, 3.8) is 0 Å². The fourth-order valence-electron chi connectivity index (χ4n) is 3.62. The molecule has 0 fully saturated rings. The monoisotopic (exact) mass is 408 g/mol. The van der Waals surface area contributed by atoms with Crippen LogP contribution >= 0.6 is 11.8 Å². The maximum absolute atomic E-state index is 13.9. The van der Waals surface area contributed by atoms with Crippen LogP contribution in [0.4, 0.5) is 8.78 Å². The van der Waals surface area contributed by atoms with Gasteiger partial charge in [-0.1, -0.05) is 43.3 Å². The summed E-state index contributed by atoms with van der Waals surface area (Å²) < 4.78 is 27.8. The number of benzene rings is 2. The highest BCUT2D eigenvalue weighted by molar-refractivity contribution is 7.99. The van der Waals surface area contributed by atoms with Crippen LogP contribution in [0.5, 0.6) is 0 Å². The maximum Gasteiger partial charge on any atom is 0.129 e. The van der Waals surface area contributed by atoms with E-state index in [1.165, 1.54) is 18.2 Å². The quantitative estimate of drug-likeness (QED) is 0.426. The van der Waals surface area contributed by atoms with Crippen molar-refractivity contribution in [1.29, 1.82) is 0 Å². The van der Waals surface area contributed by atoms with E-state index in [9.17, 15) is 8.78 Å². The summed E-state index contributed by atoms with van der Waals surface area (Å²) in [6, 6.07) is 16.5. The zero-order valence-electron chi connectivity index (χ0n) is 16.2. The number of aliphatic imine (C=N–C) groups is 1. The first-order valence-corrected chi connectivity index (χ1v) is 10.8. The Morgan fingerprint density at radius 3 is 2.34 bits per heavy atom. The van der Waals surface area contributed by atoms with E-state index in [2.05, 4.69) is 42.2 Å². The molecule has 1 aliphatic heterocycles. The summed E-state index contributed by atoms with van der Waals surface area (Å²) in [6.45, 7) is 2.11. The minimum atomic E-state index is -0.502. The van der Waals surface area contributed by atoms with Crippen molar-refractivity contribution in [1.82, 2.24) is 4.98 Å². The Kier molecular flexibility index (Phi) is 6.05. The highest BCUT2D eigenvalue weighted by Crippen LogP contribution is 2.32. The molecule has 4 rings (SSSR count). The third-order valence-electron chi connectivity index (χ3n) is 5.14. The van der Waals surface area contributed by atoms with Crippen molar-refractivity contribution in [3.05, 3.63) is 83.6 Å². The zero-order valence-corrected chi connectivity index (χ0v) is 17.1. The molecular formula is C24H22F2N2S. The van der Waals surface area contributed by atoms with E-state index in [4.69, 9.17) is 4.99 Å². The molecule has 0 saturated heterocycles. The first-order chi connectivity index (χ1) is 14.1. The molecule has 0 amide bonds. The molecule has 0 saturated carbocycles. The second kappa shape index (κ2) is 8.87. The van der Waals surface area contributed by atoms with Gasteiger partial charge in [-0.3, -0.25) is 4.99 Å². The molecule has 1 aliphatic rings. The van der Waals surface area contributed by atoms with Gasteiger partial charge in [-0.2, -0.15) is 0 Å². The van der Waals surface area contributed by atoms with Crippen LogP contribution in [0.15, 0.2) is 70.8 Å². The number of pyridine rings is 1. The van der Waals surface area contributed by atoms with E-state index in [-0.39, 0.29) is 18.0 Å². The first-order valence-electron chi connectivity index (χ1n) is 9.81. The Bertz CT molecular complexity index is 994. The van der Waals surface area contributed by atoms with Gasteiger partial charge in [-0.05, 0) is 47.9 Å². The number of halogens is 2. The average Bonchev–Trinajstić information content (AvgIpc) is 3.21. The Balaban J connectivity index is 1.47. The van der Waals surface area contributed by atoms with Gasteiger partial charge in [0.2, 0.25) is 0 Å². The highest BCUT2D eigenvalue weighted by Gasteiger charge is 2.21. The Morgan fingerprint density at radius 1 is 0.966 bits per heavy atom. The fourth-order valence-corrected chi connectivity index (χ4v) is 4.20. The van der Waals surface area contributed by atoms with E-state index in [0.29, 0.717) is 0 Å². The predicted octanol–water partition coefficient (Wildman–Crippen LogP) is 6.66. The lowest BCUT2D eigenvalue weighted by atomic mass is 10.00. The third-order valence-corrected chi connectivity index (χ3v) is 5.97. The molecule has 1 unspecified atom stereocenters. The van der Waals surface area contributed by atoms with Gasteiger partial charge >= 0.3 is 0 Å². The molecule has 0 aliphatic carbocycles. The summed E-state index contributed by atoms with van der Waals surface area (Å²) in [7, 11) is 0. The molecule has 0 spiro atoms. The second-order valence-corrected chi connectivity index (χ2v) is 8.35. The van der Waals surface area contributed by atoms with Crippen molar-refractivity contribution < 1.29 is 8.78 Å². The van der Waals surface area contributed by atoms with E-state index in [1.54, 1.807) is 11.8 Å². The van der Waals surface area contributed by atoms with Crippen molar-refractivity contribution in [2.24, 2.45) is 4.99 Å². The summed E-state index contributed by atoms with van der Waals surface area (Å²) in [5, 5.41) is 1.03. The summed E-state index contributed by atoms with van der Waals surface area (Å²) in [5.74, 6) is 0.00374. The van der Waals surface area contributed by atoms with Gasteiger partial charge in [0.05, 0.1) is 11.1 Å². The zero-order chi connectivity index (χ0) is 20.2. The van der Waals surface area contributed by atoms with Crippen molar-refractivity contribution in [3.8, 4) is 11.1 Å². The number of thioether (sulfide) groups is 1. The topological polar surface area (TPSA) is 25.2 Å². The van der Waals surface area contributed by atoms with Gasteiger partial charge < -0.3 is 0 Å². The molecule has 0 bridgehead atoms. The van der Waals surface area contributed by atoms with Crippen LogP contribution in [0, 0.1) is 11.6 Å². The van der Waals surface area contributed by atoms with Gasteiger partial charge in [-0.15, -0.1) is 11.8 Å². The average molecular weight is 409 g/mol. The number of nitrogens with zero attached hydrogens (tertiary/aromatic N) is 2. The van der Waals surface area contributed by atoms with E-state index in [0.717, 1.165) is 46.0 Å². The summed E-state index contributed by atoms with van der Waals surface area (Å²) in [4.78, 5) is 9.23. The number of hydrogen-bond acceptors (Lipinski definition) is 3. The molecule has 0 N–H and O–H groups in total. The van der Waals surface area contributed by atoms with Crippen LogP contribution in [0.3, 0.4) is 0 Å². The van der Waals surface area contributed by atoms with E-state index >= 15 is 0 Å². The van der Waals surface area contributed by atoms with Crippen LogP contribution in [0.2, 0.25) is 0 Å². The predicted molar refractivity (Wildman–Crippen MR) is 116 cm³/mol. The molecule has 1 atom stereocenters. The van der Waals surface area contributed by atoms with Crippen LogP contribution in [0.25, 0.3) is 11.1 Å². The number of rotatable bonds is 6. The molecule has 29 heavy (non-hydrogen) atoms. The van der Waals surface area contributed by atoms with Gasteiger partial charge in [0.15, 0.2) is 0 Å². The van der Waals surface area contributed by atoms with Gasteiger partial charge in [0.25, 0.3) is 0 Å². The van der Waals surface area contributed by atoms with Crippen molar-refractivity contribution >= 4 is 17.5 Å². The minimum absolute atomic E-state index is 0.0512. The van der Waals surface area contributed by atoms with Crippen LogP contribution < -0.4 is 0 Å². The molecule has 2 heterocycles. The summed E-state index contributed by atoms with van der Waals surface area (Å²) >= 11 is 1.73. The molecular weight excluding hydrogens is 386 g/mol. The van der Waals surface area contributed by atoms with Crippen LogP contribution in [-0.4, -0.2) is 16.4 Å². The Morgan fingerprint density at radius 2 is 1.69 bits per heavy atom. The normalized spacial score (nSPS) is 16.1. The molecule has 2 nitrogen and oxygen atoms in total. The fraction of sp³-hybridized carbons (Fsp3) is 0.250. The third kappa shape index (κ3) is 4.56. The van der Waals surface area contributed by atoms with Crippen LogP contribution in [-0.2, 0) is 6.42 Å². The molecule has 3 aromatic rings. The second-order valence-electron chi connectivity index (χ2n) is 7.07. The first kappa shape index (κ1) is 19.8. The van der Waals surface area contributed by atoms with Crippen molar-refractivity contribution in [2.45, 2.75) is 37.3 Å². The standard InChI is InChI=1S/C24H22F2N2S/c1-2-29-24-13-10-18(15-27-24)16-6-8-17(9-7-16)23-12-11-19(28-23)14-20-21(25)4-3-5-22(20)26/h3-10,13,15,23H,2,11-12,14H2,1H3. The summed E-state index contributed by atoms with van der Waals surface area (Å²) in [5.41, 5.74) is 4.30. The molecule has 2 aromatic carbocycles. The van der Waals surface area contributed by atoms with Gasteiger partial charge in [0, 0.05) is 29.5 Å². The molecule has 0 radical (unpaired) electrons. The minimum Gasteiger partial charge on any atom is -0.286 e. The highest BCUT2D eigenvalue weighted by atomic mass is 32.2. The Hall–Kier alpha value is -2.53. The number of aromatic nitrogens is 1. The lowest BCUT2D eigenvalue weighted by molar-refractivity contribution is 0.564. The maximum atomic E-state index is 13.9. The SMILES string of the molecule is CCSc1ccc(-c2ccc(C3CCC(Cc4c(F)cccc4F)=N3)cc2)cn1. The smallest absolute Gasteiger partial charge is 0.129 e. The molecule has 5 heteroatoms. The lowest BCUT2D eigenvalue weighted by Gasteiger charge is -2.09. The lowest BCUT2D eigenvalue weighted by Crippen LogP contribution is -2.04.